The van der Waals surface area contributed by atoms with Gasteiger partial charge in [-0.15, -0.1) is 0 Å². The molecule has 5 atom stereocenters. The summed E-state index contributed by atoms with van der Waals surface area (Å²) >= 11 is 0. The Kier molecular flexibility index (Phi) is 4.71. The number of fused-ring (bicyclic) bond motifs is 5. The fraction of sp³-hybridized carbons (Fsp3) is 0.538. The number of aryl methyl sites for hydroxylation is 1. The molecule has 5 rings (SSSR count). The molecule has 2 aromatic rings. The molecule has 2 fully saturated rings. The van der Waals surface area contributed by atoms with Gasteiger partial charge in [0.05, 0.1) is 5.60 Å². The van der Waals surface area contributed by atoms with Crippen LogP contribution in [0.1, 0.15) is 61.6 Å². The highest BCUT2D eigenvalue weighted by molar-refractivity contribution is 5.40. The predicted octanol–water partition coefficient (Wildman–Crippen LogP) is 4.77. The van der Waals surface area contributed by atoms with E-state index in [2.05, 4.69) is 42.6 Å². The molecule has 2 aromatic carbocycles. The lowest BCUT2D eigenvalue weighted by molar-refractivity contribution is -0.101. The molecule has 0 amide bonds. The summed E-state index contributed by atoms with van der Waals surface area (Å²) in [4.78, 5) is 0. The van der Waals surface area contributed by atoms with Crippen molar-refractivity contribution in [2.75, 3.05) is 6.54 Å². The van der Waals surface area contributed by atoms with Gasteiger partial charge in [-0.25, -0.2) is 0 Å². The fourth-order valence-electron chi connectivity index (χ4n) is 6.98. The maximum absolute atomic E-state index is 11.8. The Bertz CT molecular complexity index is 882. The summed E-state index contributed by atoms with van der Waals surface area (Å²) in [6.07, 6.45) is 6.52. The second kappa shape index (κ2) is 7.14. The van der Waals surface area contributed by atoms with Gasteiger partial charge in [0, 0.05) is 18.5 Å². The minimum atomic E-state index is -0.618. The lowest BCUT2D eigenvalue weighted by Gasteiger charge is -2.53. The third-order valence-corrected chi connectivity index (χ3v) is 8.62. The van der Waals surface area contributed by atoms with Gasteiger partial charge in [0.1, 0.15) is 5.75 Å². The van der Waals surface area contributed by atoms with E-state index in [1.807, 2.05) is 18.2 Å². The van der Waals surface area contributed by atoms with E-state index < -0.39 is 5.60 Å². The normalized spacial score (nSPS) is 35.6. The van der Waals surface area contributed by atoms with Crippen molar-refractivity contribution < 1.29 is 10.2 Å². The summed E-state index contributed by atoms with van der Waals surface area (Å²) in [5.74, 6) is 2.24. The maximum Gasteiger partial charge on any atom is 0.115 e. The Morgan fingerprint density at radius 1 is 1.03 bits per heavy atom. The van der Waals surface area contributed by atoms with Gasteiger partial charge < -0.3 is 15.5 Å². The van der Waals surface area contributed by atoms with Crippen LogP contribution >= 0.6 is 0 Å². The van der Waals surface area contributed by atoms with E-state index >= 15 is 0 Å². The molecule has 0 aliphatic heterocycles. The van der Waals surface area contributed by atoms with Crippen molar-refractivity contribution in [1.29, 1.82) is 0 Å². The van der Waals surface area contributed by atoms with E-state index in [4.69, 9.17) is 0 Å². The van der Waals surface area contributed by atoms with Crippen LogP contribution in [0.4, 0.5) is 0 Å². The van der Waals surface area contributed by atoms with Crippen LogP contribution in [0.5, 0.6) is 5.75 Å². The van der Waals surface area contributed by atoms with Crippen molar-refractivity contribution in [3.05, 3.63) is 65.2 Å². The number of aromatic hydroxyl groups is 1. The molecule has 3 aliphatic rings. The third-order valence-electron chi connectivity index (χ3n) is 8.62. The first kappa shape index (κ1) is 19.1. The minimum absolute atomic E-state index is 0.00766. The second-order valence-corrected chi connectivity index (χ2v) is 9.91. The fourth-order valence-corrected chi connectivity index (χ4v) is 6.98. The predicted molar refractivity (Wildman–Crippen MR) is 116 cm³/mol. The monoisotopic (exact) mass is 391 g/mol. The highest BCUT2D eigenvalue weighted by atomic mass is 16.3. The molecule has 3 nitrogen and oxygen atoms in total. The first-order valence-corrected chi connectivity index (χ1v) is 11.3. The van der Waals surface area contributed by atoms with Gasteiger partial charge in [-0.1, -0.05) is 43.3 Å². The van der Waals surface area contributed by atoms with E-state index in [0.717, 1.165) is 38.6 Å². The van der Waals surface area contributed by atoms with Gasteiger partial charge in [0.15, 0.2) is 0 Å². The molecule has 154 valence electrons. The maximum atomic E-state index is 11.8. The quantitative estimate of drug-likeness (QED) is 0.704. The van der Waals surface area contributed by atoms with E-state index in [9.17, 15) is 10.2 Å². The molecule has 0 aromatic heterocycles. The van der Waals surface area contributed by atoms with Crippen LogP contribution in [0.15, 0.2) is 48.5 Å². The zero-order chi connectivity index (χ0) is 20.1. The topological polar surface area (TPSA) is 52.5 Å². The van der Waals surface area contributed by atoms with Gasteiger partial charge in [-0.05, 0) is 85.1 Å². The van der Waals surface area contributed by atoms with E-state index in [1.165, 1.54) is 23.1 Å². The van der Waals surface area contributed by atoms with Crippen molar-refractivity contribution >= 4 is 0 Å². The van der Waals surface area contributed by atoms with Gasteiger partial charge in [0.2, 0.25) is 0 Å². The first-order chi connectivity index (χ1) is 14.0. The molecular formula is C26H33NO2. The largest absolute Gasteiger partial charge is 0.508 e. The molecule has 3 aliphatic carbocycles. The van der Waals surface area contributed by atoms with Crippen LogP contribution in [0.25, 0.3) is 0 Å². The van der Waals surface area contributed by atoms with Gasteiger partial charge in [0.25, 0.3) is 0 Å². The average Bonchev–Trinajstić information content (AvgIpc) is 2.99. The minimum Gasteiger partial charge on any atom is -0.508 e. The molecule has 3 N–H and O–H groups in total. The summed E-state index contributed by atoms with van der Waals surface area (Å²) < 4.78 is 0. The Morgan fingerprint density at radius 3 is 2.69 bits per heavy atom. The van der Waals surface area contributed by atoms with Crippen molar-refractivity contribution in [2.45, 2.75) is 63.5 Å². The standard InChI is InChI=1S/C26H33NO2/c1-25-13-11-22-21-10-8-20(28)15-19(21)7-9-23(22)24(25)12-14-26(25,29)17-27-16-18-5-3-2-4-6-18/h2-6,8,10,15,22-24,27-29H,7,9,11-14,16-17H2,1H3/t22-,23-,24+,25+,26-/m1/s1. The van der Waals surface area contributed by atoms with Crippen LogP contribution < -0.4 is 5.32 Å². The zero-order valence-electron chi connectivity index (χ0n) is 17.4. The smallest absolute Gasteiger partial charge is 0.115 e. The van der Waals surface area contributed by atoms with Crippen molar-refractivity contribution in [2.24, 2.45) is 17.3 Å². The van der Waals surface area contributed by atoms with Crippen LogP contribution in [0.2, 0.25) is 0 Å². The van der Waals surface area contributed by atoms with Crippen molar-refractivity contribution in [3.63, 3.8) is 0 Å². The second-order valence-electron chi connectivity index (χ2n) is 9.91. The molecule has 29 heavy (non-hydrogen) atoms. The molecule has 0 heterocycles. The van der Waals surface area contributed by atoms with Crippen molar-refractivity contribution in [3.8, 4) is 5.75 Å². The average molecular weight is 392 g/mol. The Hall–Kier alpha value is -1.84. The number of phenolic OH excluding ortho intramolecular Hbond substituents is 1. The number of hydrogen-bond acceptors (Lipinski definition) is 3. The summed E-state index contributed by atoms with van der Waals surface area (Å²) in [6, 6.07) is 16.4. The highest BCUT2D eigenvalue weighted by Crippen LogP contribution is 2.64. The van der Waals surface area contributed by atoms with E-state index in [0.29, 0.717) is 30.0 Å². The molecule has 0 unspecified atom stereocenters. The molecule has 0 spiro atoms. The summed E-state index contributed by atoms with van der Waals surface area (Å²) in [5.41, 5.74) is 3.44. The number of aliphatic hydroxyl groups is 1. The van der Waals surface area contributed by atoms with E-state index in [1.54, 1.807) is 0 Å². The number of hydrogen-bond donors (Lipinski definition) is 3. The number of phenols is 1. The Balaban J connectivity index is 1.32. The van der Waals surface area contributed by atoms with Crippen LogP contribution in [-0.4, -0.2) is 22.4 Å². The van der Waals surface area contributed by atoms with E-state index in [-0.39, 0.29) is 5.41 Å². The summed E-state index contributed by atoms with van der Waals surface area (Å²) in [5, 5.41) is 25.2. The van der Waals surface area contributed by atoms with Crippen LogP contribution in [0.3, 0.4) is 0 Å². The number of benzene rings is 2. The molecule has 0 radical (unpaired) electrons. The van der Waals surface area contributed by atoms with Gasteiger partial charge >= 0.3 is 0 Å². The lowest BCUT2D eigenvalue weighted by Crippen LogP contribution is -2.55. The number of nitrogens with one attached hydrogen (secondary N) is 1. The Morgan fingerprint density at radius 2 is 1.86 bits per heavy atom. The summed E-state index contributed by atoms with van der Waals surface area (Å²) in [6.45, 7) is 3.85. The molecule has 3 heteroatoms. The first-order valence-electron chi connectivity index (χ1n) is 11.3. The SMILES string of the molecule is C[C@]12CC[C@@H]3c4ccc(O)cc4CC[C@H]3[C@@H]1CC[C@@]2(O)CNCc1ccccc1. The summed E-state index contributed by atoms with van der Waals surface area (Å²) in [7, 11) is 0. The molecule has 0 saturated heterocycles. The van der Waals surface area contributed by atoms with Gasteiger partial charge in [-0.2, -0.15) is 0 Å². The highest BCUT2D eigenvalue weighted by Gasteiger charge is 2.61. The Labute approximate surface area is 174 Å². The lowest BCUT2D eigenvalue weighted by atomic mass is 9.53. The van der Waals surface area contributed by atoms with Crippen LogP contribution in [-0.2, 0) is 13.0 Å². The van der Waals surface area contributed by atoms with Crippen molar-refractivity contribution in [1.82, 2.24) is 5.32 Å². The molecule has 0 bridgehead atoms. The molecular weight excluding hydrogens is 358 g/mol. The zero-order valence-corrected chi connectivity index (χ0v) is 17.4. The third kappa shape index (κ3) is 3.10. The number of rotatable bonds is 4. The van der Waals surface area contributed by atoms with Crippen LogP contribution in [0, 0.1) is 17.3 Å². The molecule has 2 saturated carbocycles. The van der Waals surface area contributed by atoms with Gasteiger partial charge in [-0.3, -0.25) is 0 Å².